The van der Waals surface area contributed by atoms with Crippen LogP contribution in [0.2, 0.25) is 0 Å². The number of hydrogen-bond acceptors (Lipinski definition) is 5. The molecular formula is C21H20N6O. The summed E-state index contributed by atoms with van der Waals surface area (Å²) in [4.78, 5) is 29.0. The number of imidazole rings is 1. The van der Waals surface area contributed by atoms with Gasteiger partial charge < -0.3 is 14.6 Å². The molecule has 140 valence electrons. The molecule has 7 nitrogen and oxygen atoms in total. The molecule has 0 bridgehead atoms. The fourth-order valence-electron chi connectivity index (χ4n) is 3.65. The highest BCUT2D eigenvalue weighted by molar-refractivity contribution is 6.04. The van der Waals surface area contributed by atoms with Crippen molar-refractivity contribution in [2.75, 3.05) is 23.3 Å². The van der Waals surface area contributed by atoms with E-state index < -0.39 is 0 Å². The van der Waals surface area contributed by atoms with Crippen LogP contribution in [0.3, 0.4) is 0 Å². The van der Waals surface area contributed by atoms with E-state index in [1.165, 1.54) is 0 Å². The second-order valence-corrected chi connectivity index (χ2v) is 7.05. The molecule has 1 amide bonds. The normalized spacial score (nSPS) is 14.1. The molecule has 7 heteroatoms. The molecule has 1 aliphatic heterocycles. The molecule has 0 saturated carbocycles. The molecule has 0 aliphatic carbocycles. The van der Waals surface area contributed by atoms with Crippen LogP contribution in [-0.4, -0.2) is 38.3 Å². The number of rotatable bonds is 3. The van der Waals surface area contributed by atoms with Crippen molar-refractivity contribution in [1.82, 2.24) is 19.4 Å². The predicted molar refractivity (Wildman–Crippen MR) is 109 cm³/mol. The number of fused-ring (bicyclic) bond motifs is 2. The Kier molecular flexibility index (Phi) is 3.93. The van der Waals surface area contributed by atoms with E-state index >= 15 is 0 Å². The van der Waals surface area contributed by atoms with Crippen LogP contribution in [0.15, 0.2) is 48.7 Å². The number of anilines is 2. The zero-order valence-corrected chi connectivity index (χ0v) is 15.6. The van der Waals surface area contributed by atoms with Crippen LogP contribution in [0.5, 0.6) is 0 Å². The minimum Gasteiger partial charge on any atom is -0.354 e. The van der Waals surface area contributed by atoms with Crippen molar-refractivity contribution in [3.63, 3.8) is 0 Å². The number of carbonyl (C=O) groups excluding carboxylic acids is 1. The summed E-state index contributed by atoms with van der Waals surface area (Å²) in [5.74, 6) is 0.928. The summed E-state index contributed by atoms with van der Waals surface area (Å²) in [7, 11) is 0. The van der Waals surface area contributed by atoms with E-state index in [1.807, 2.05) is 53.8 Å². The summed E-state index contributed by atoms with van der Waals surface area (Å²) in [6, 6.07) is 13.5. The number of nitrogens with one attached hydrogen (secondary N) is 1. The van der Waals surface area contributed by atoms with Gasteiger partial charge in [-0.15, -0.1) is 0 Å². The molecule has 4 heterocycles. The summed E-state index contributed by atoms with van der Waals surface area (Å²) in [5.41, 5.74) is 3.70. The molecule has 1 aliphatic rings. The topological polar surface area (TPSA) is 75.4 Å². The van der Waals surface area contributed by atoms with Crippen molar-refractivity contribution in [1.29, 1.82) is 0 Å². The van der Waals surface area contributed by atoms with Crippen molar-refractivity contribution < 1.29 is 4.79 Å². The van der Waals surface area contributed by atoms with Crippen LogP contribution in [0.25, 0.3) is 16.7 Å². The zero-order chi connectivity index (χ0) is 19.1. The third kappa shape index (κ3) is 2.85. The lowest BCUT2D eigenvalue weighted by Crippen LogP contribution is -2.23. The second kappa shape index (κ2) is 6.60. The van der Waals surface area contributed by atoms with Gasteiger partial charge in [-0.25, -0.2) is 15.0 Å². The van der Waals surface area contributed by atoms with E-state index in [2.05, 4.69) is 20.2 Å². The molecular weight excluding hydrogens is 352 g/mol. The number of pyridine rings is 1. The second-order valence-electron chi connectivity index (χ2n) is 7.05. The molecule has 5 rings (SSSR count). The van der Waals surface area contributed by atoms with Gasteiger partial charge in [0.2, 0.25) is 0 Å². The Labute approximate surface area is 162 Å². The summed E-state index contributed by atoms with van der Waals surface area (Å²) >= 11 is 0. The van der Waals surface area contributed by atoms with Crippen LogP contribution in [0.4, 0.5) is 11.6 Å². The summed E-state index contributed by atoms with van der Waals surface area (Å²) in [6.07, 6.45) is 3.99. The standard InChI is InChI=1S/C21H20N6O/c1-14-7-6-10-18-22-17(13-27(14)18)21(28)25-19-20(26-11-4-5-12-26)24-16-9-3-2-8-15(16)23-19/h2-3,6-10,13H,4-5,11-12H2,1H3,(H,23,25,28). The highest BCUT2D eigenvalue weighted by Crippen LogP contribution is 2.28. The molecule has 1 fully saturated rings. The Hall–Kier alpha value is -3.48. The van der Waals surface area contributed by atoms with Crippen molar-refractivity contribution in [2.24, 2.45) is 0 Å². The van der Waals surface area contributed by atoms with Gasteiger partial charge in [0, 0.05) is 25.0 Å². The average Bonchev–Trinajstić information content (AvgIpc) is 3.38. The molecule has 1 saturated heterocycles. The van der Waals surface area contributed by atoms with Gasteiger partial charge in [-0.05, 0) is 44.0 Å². The number of benzene rings is 1. The van der Waals surface area contributed by atoms with E-state index in [-0.39, 0.29) is 5.91 Å². The lowest BCUT2D eigenvalue weighted by molar-refractivity contribution is 0.102. The highest BCUT2D eigenvalue weighted by Gasteiger charge is 2.22. The molecule has 0 atom stereocenters. The Morgan fingerprint density at radius 2 is 1.71 bits per heavy atom. The fourth-order valence-corrected chi connectivity index (χ4v) is 3.65. The van der Waals surface area contributed by atoms with E-state index in [4.69, 9.17) is 4.98 Å². The first kappa shape index (κ1) is 16.7. The van der Waals surface area contributed by atoms with Gasteiger partial charge in [-0.1, -0.05) is 18.2 Å². The molecule has 1 aromatic carbocycles. The SMILES string of the molecule is Cc1cccc2nc(C(=O)Nc3nc4ccccc4nc3N3CCCC3)cn12. The molecule has 0 unspecified atom stereocenters. The van der Waals surface area contributed by atoms with Gasteiger partial charge in [0.05, 0.1) is 11.0 Å². The van der Waals surface area contributed by atoms with Crippen LogP contribution in [0, 0.1) is 6.92 Å². The highest BCUT2D eigenvalue weighted by atomic mass is 16.2. The fraction of sp³-hybridized carbons (Fsp3) is 0.238. The van der Waals surface area contributed by atoms with Gasteiger partial charge in [0.15, 0.2) is 11.6 Å². The van der Waals surface area contributed by atoms with Crippen LogP contribution in [-0.2, 0) is 0 Å². The van der Waals surface area contributed by atoms with Gasteiger partial charge in [0.25, 0.3) is 5.91 Å². The van der Waals surface area contributed by atoms with E-state index in [0.29, 0.717) is 11.5 Å². The minimum absolute atomic E-state index is 0.284. The van der Waals surface area contributed by atoms with Crippen LogP contribution >= 0.6 is 0 Å². The summed E-state index contributed by atoms with van der Waals surface area (Å²) < 4.78 is 1.91. The van der Waals surface area contributed by atoms with Crippen molar-refractivity contribution >= 4 is 34.2 Å². The van der Waals surface area contributed by atoms with Crippen LogP contribution in [0.1, 0.15) is 29.0 Å². The third-order valence-electron chi connectivity index (χ3n) is 5.12. The number of carbonyl (C=O) groups is 1. The van der Waals surface area contributed by atoms with E-state index in [0.717, 1.165) is 54.1 Å². The number of para-hydroxylation sites is 2. The minimum atomic E-state index is -0.284. The van der Waals surface area contributed by atoms with Crippen molar-refractivity contribution in [2.45, 2.75) is 19.8 Å². The first-order valence-corrected chi connectivity index (χ1v) is 9.47. The van der Waals surface area contributed by atoms with Crippen molar-refractivity contribution in [3.05, 3.63) is 60.0 Å². The summed E-state index contributed by atoms with van der Waals surface area (Å²) in [6.45, 7) is 3.82. The van der Waals surface area contributed by atoms with E-state index in [9.17, 15) is 4.79 Å². The maximum atomic E-state index is 12.9. The largest absolute Gasteiger partial charge is 0.354 e. The van der Waals surface area contributed by atoms with Gasteiger partial charge in [-0.3, -0.25) is 4.79 Å². The average molecular weight is 372 g/mol. The molecule has 1 N–H and O–H groups in total. The molecule has 28 heavy (non-hydrogen) atoms. The molecule has 0 radical (unpaired) electrons. The number of hydrogen-bond donors (Lipinski definition) is 1. The number of aryl methyl sites for hydroxylation is 1. The lowest BCUT2D eigenvalue weighted by Gasteiger charge is -2.20. The maximum absolute atomic E-state index is 12.9. The Balaban J connectivity index is 1.54. The molecule has 3 aromatic heterocycles. The Morgan fingerprint density at radius 1 is 0.964 bits per heavy atom. The zero-order valence-electron chi connectivity index (χ0n) is 15.6. The first-order chi connectivity index (χ1) is 13.7. The quantitative estimate of drug-likeness (QED) is 0.596. The van der Waals surface area contributed by atoms with Gasteiger partial charge >= 0.3 is 0 Å². The number of amides is 1. The first-order valence-electron chi connectivity index (χ1n) is 9.47. The molecule has 0 spiro atoms. The van der Waals surface area contributed by atoms with Gasteiger partial charge in [-0.2, -0.15) is 0 Å². The monoisotopic (exact) mass is 372 g/mol. The number of nitrogens with zero attached hydrogens (tertiary/aromatic N) is 5. The lowest BCUT2D eigenvalue weighted by atomic mass is 10.3. The third-order valence-corrected chi connectivity index (χ3v) is 5.12. The van der Waals surface area contributed by atoms with Gasteiger partial charge in [0.1, 0.15) is 11.3 Å². The number of aromatic nitrogens is 4. The summed E-state index contributed by atoms with van der Waals surface area (Å²) in [5, 5.41) is 2.95. The van der Waals surface area contributed by atoms with E-state index in [1.54, 1.807) is 6.20 Å². The Bertz CT molecular complexity index is 1190. The smallest absolute Gasteiger partial charge is 0.277 e. The predicted octanol–water partition coefficient (Wildman–Crippen LogP) is 3.44. The Morgan fingerprint density at radius 3 is 2.46 bits per heavy atom. The van der Waals surface area contributed by atoms with Crippen molar-refractivity contribution in [3.8, 4) is 0 Å². The maximum Gasteiger partial charge on any atom is 0.277 e. The molecule has 4 aromatic rings. The van der Waals surface area contributed by atoms with Crippen LogP contribution < -0.4 is 10.2 Å².